The minimum atomic E-state index is -0.624. The third kappa shape index (κ3) is 6.12. The maximum absolute atomic E-state index is 10.5. The second kappa shape index (κ2) is 9.51. The molecule has 1 saturated carbocycles. The lowest BCUT2D eigenvalue weighted by molar-refractivity contribution is 0.0572. The summed E-state index contributed by atoms with van der Waals surface area (Å²) in [5, 5.41) is 13.7. The van der Waals surface area contributed by atoms with Gasteiger partial charge >= 0.3 is 0 Å². The van der Waals surface area contributed by atoms with Crippen LogP contribution in [-0.2, 0) is 0 Å². The third-order valence-electron chi connectivity index (χ3n) is 4.51. The van der Waals surface area contributed by atoms with Crippen LogP contribution in [0.4, 0.5) is 0 Å². The number of hydrogen-bond donors (Lipinski definition) is 2. The summed E-state index contributed by atoms with van der Waals surface area (Å²) in [5.74, 6) is 2.44. The fraction of sp³-hybridized carbons (Fsp3) is 0.632. The molecule has 1 aromatic carbocycles. The first-order valence-electron chi connectivity index (χ1n) is 9.05. The van der Waals surface area contributed by atoms with E-state index in [1.807, 2.05) is 43.1 Å². The largest absolute Gasteiger partial charge is 0.497 e. The van der Waals surface area contributed by atoms with Crippen LogP contribution in [0, 0.1) is 0 Å². The van der Waals surface area contributed by atoms with E-state index in [1.165, 1.54) is 0 Å². The van der Waals surface area contributed by atoms with E-state index in [9.17, 15) is 5.11 Å². The number of nitrogens with zero attached hydrogens (tertiary/aromatic N) is 2. The van der Waals surface area contributed by atoms with Crippen molar-refractivity contribution in [1.29, 1.82) is 0 Å². The number of nitrogens with one attached hydrogen (secondary N) is 1. The van der Waals surface area contributed by atoms with Crippen molar-refractivity contribution in [3.63, 3.8) is 0 Å². The minimum absolute atomic E-state index is 0.457. The van der Waals surface area contributed by atoms with Gasteiger partial charge in [-0.3, -0.25) is 4.99 Å². The molecule has 0 bridgehead atoms. The monoisotopic (exact) mass is 349 g/mol. The van der Waals surface area contributed by atoms with Crippen molar-refractivity contribution in [1.82, 2.24) is 10.2 Å². The van der Waals surface area contributed by atoms with Gasteiger partial charge in [-0.25, -0.2) is 0 Å². The summed E-state index contributed by atoms with van der Waals surface area (Å²) in [6.07, 6.45) is 3.88. The summed E-state index contributed by atoms with van der Waals surface area (Å²) in [6.45, 7) is 4.55. The second-order valence-electron chi connectivity index (χ2n) is 6.55. The number of aliphatic hydroxyl groups is 1. The van der Waals surface area contributed by atoms with Gasteiger partial charge in [-0.15, -0.1) is 0 Å². The molecule has 0 heterocycles. The first kappa shape index (κ1) is 19.4. The number of rotatable bonds is 8. The average molecular weight is 349 g/mol. The molecule has 0 saturated heterocycles. The zero-order valence-corrected chi connectivity index (χ0v) is 15.6. The molecule has 0 aromatic heterocycles. The quantitative estimate of drug-likeness (QED) is 0.557. The van der Waals surface area contributed by atoms with Crippen molar-refractivity contribution >= 4 is 5.96 Å². The lowest BCUT2D eigenvalue weighted by Gasteiger charge is -2.25. The molecule has 0 unspecified atom stereocenters. The van der Waals surface area contributed by atoms with E-state index in [-0.39, 0.29) is 0 Å². The highest BCUT2D eigenvalue weighted by molar-refractivity contribution is 5.79. The standard InChI is InChI=1S/C19H31N3O3/c1-4-20-18(21-15-19(23)11-5-6-12-19)22(2)13-14-25-17-9-7-16(24-3)8-10-17/h7-10,23H,4-6,11-15H2,1-3H3,(H,20,21). The van der Waals surface area contributed by atoms with Crippen LogP contribution in [0.1, 0.15) is 32.6 Å². The molecule has 25 heavy (non-hydrogen) atoms. The molecular weight excluding hydrogens is 318 g/mol. The fourth-order valence-corrected chi connectivity index (χ4v) is 2.96. The number of likely N-dealkylation sites (N-methyl/N-ethyl adjacent to an activating group) is 1. The molecular formula is C19H31N3O3. The van der Waals surface area contributed by atoms with Crippen LogP contribution < -0.4 is 14.8 Å². The van der Waals surface area contributed by atoms with E-state index in [0.29, 0.717) is 19.7 Å². The minimum Gasteiger partial charge on any atom is -0.497 e. The Morgan fingerprint density at radius 2 is 1.88 bits per heavy atom. The van der Waals surface area contributed by atoms with E-state index in [1.54, 1.807) is 7.11 Å². The highest BCUT2D eigenvalue weighted by atomic mass is 16.5. The van der Waals surface area contributed by atoms with Crippen LogP contribution in [0.3, 0.4) is 0 Å². The molecule has 1 aliphatic rings. The molecule has 0 radical (unpaired) electrons. The van der Waals surface area contributed by atoms with Crippen LogP contribution in [0.25, 0.3) is 0 Å². The van der Waals surface area contributed by atoms with Gasteiger partial charge in [0.1, 0.15) is 18.1 Å². The summed E-state index contributed by atoms with van der Waals surface area (Å²) >= 11 is 0. The molecule has 1 aliphatic carbocycles. The number of aliphatic imine (C=N–C) groups is 1. The normalized spacial score (nSPS) is 16.6. The molecule has 0 atom stereocenters. The molecule has 6 heteroatoms. The summed E-state index contributed by atoms with van der Waals surface area (Å²) in [6, 6.07) is 7.56. The van der Waals surface area contributed by atoms with Crippen molar-refractivity contribution < 1.29 is 14.6 Å². The molecule has 1 fully saturated rings. The average Bonchev–Trinajstić information content (AvgIpc) is 3.06. The van der Waals surface area contributed by atoms with Gasteiger partial charge in [0.15, 0.2) is 5.96 Å². The van der Waals surface area contributed by atoms with Crippen LogP contribution in [0.2, 0.25) is 0 Å². The Morgan fingerprint density at radius 1 is 1.24 bits per heavy atom. The smallest absolute Gasteiger partial charge is 0.193 e. The van der Waals surface area contributed by atoms with Gasteiger partial charge in [0.2, 0.25) is 0 Å². The van der Waals surface area contributed by atoms with Gasteiger partial charge in [0.25, 0.3) is 0 Å². The highest BCUT2D eigenvalue weighted by Gasteiger charge is 2.30. The number of guanidine groups is 1. The zero-order valence-electron chi connectivity index (χ0n) is 15.6. The van der Waals surface area contributed by atoms with Crippen LogP contribution in [0.15, 0.2) is 29.3 Å². The zero-order chi connectivity index (χ0) is 18.1. The Labute approximate surface area is 150 Å². The Morgan fingerprint density at radius 3 is 2.48 bits per heavy atom. The Hall–Kier alpha value is -1.95. The second-order valence-corrected chi connectivity index (χ2v) is 6.55. The Balaban J connectivity index is 1.83. The molecule has 2 N–H and O–H groups in total. The molecule has 0 spiro atoms. The molecule has 2 rings (SSSR count). The first-order chi connectivity index (χ1) is 12.1. The van der Waals surface area contributed by atoms with Crippen molar-refractivity contribution in [2.75, 3.05) is 40.4 Å². The van der Waals surface area contributed by atoms with Crippen LogP contribution in [-0.4, -0.2) is 62.0 Å². The summed E-state index contributed by atoms with van der Waals surface area (Å²) in [7, 11) is 3.63. The number of methoxy groups -OCH3 is 1. The van der Waals surface area contributed by atoms with Crippen molar-refractivity contribution in [2.45, 2.75) is 38.2 Å². The maximum Gasteiger partial charge on any atom is 0.193 e. The molecule has 0 amide bonds. The lowest BCUT2D eigenvalue weighted by atomic mass is 10.0. The third-order valence-corrected chi connectivity index (χ3v) is 4.51. The molecule has 0 aliphatic heterocycles. The summed E-state index contributed by atoms with van der Waals surface area (Å²) in [4.78, 5) is 6.66. The number of benzene rings is 1. The van der Waals surface area contributed by atoms with Crippen molar-refractivity contribution in [3.8, 4) is 11.5 Å². The first-order valence-corrected chi connectivity index (χ1v) is 9.05. The molecule has 140 valence electrons. The topological polar surface area (TPSA) is 66.3 Å². The van der Waals surface area contributed by atoms with Gasteiger partial charge in [-0.05, 0) is 44.0 Å². The van der Waals surface area contributed by atoms with E-state index < -0.39 is 5.60 Å². The number of hydrogen-bond acceptors (Lipinski definition) is 4. The Bertz CT molecular complexity index is 539. The summed E-state index contributed by atoms with van der Waals surface area (Å²) in [5.41, 5.74) is -0.624. The van der Waals surface area contributed by atoms with Gasteiger partial charge in [0.05, 0.1) is 25.8 Å². The van der Waals surface area contributed by atoms with Crippen molar-refractivity contribution in [3.05, 3.63) is 24.3 Å². The van der Waals surface area contributed by atoms with E-state index in [4.69, 9.17) is 9.47 Å². The van der Waals surface area contributed by atoms with E-state index in [0.717, 1.165) is 49.7 Å². The highest BCUT2D eigenvalue weighted by Crippen LogP contribution is 2.29. The van der Waals surface area contributed by atoms with Gasteiger partial charge in [0, 0.05) is 13.6 Å². The lowest BCUT2D eigenvalue weighted by Crippen LogP contribution is -2.42. The molecule has 1 aromatic rings. The van der Waals surface area contributed by atoms with E-state index >= 15 is 0 Å². The Kier molecular flexibility index (Phi) is 7.37. The van der Waals surface area contributed by atoms with Gasteiger partial charge in [-0.1, -0.05) is 12.8 Å². The van der Waals surface area contributed by atoms with Crippen LogP contribution >= 0.6 is 0 Å². The maximum atomic E-state index is 10.5. The van der Waals surface area contributed by atoms with Crippen LogP contribution in [0.5, 0.6) is 11.5 Å². The summed E-state index contributed by atoms with van der Waals surface area (Å²) < 4.78 is 10.9. The fourth-order valence-electron chi connectivity index (χ4n) is 2.96. The number of ether oxygens (including phenoxy) is 2. The molecule has 6 nitrogen and oxygen atoms in total. The predicted octanol–water partition coefficient (Wildman–Crippen LogP) is 2.28. The van der Waals surface area contributed by atoms with E-state index in [2.05, 4.69) is 10.3 Å². The SMILES string of the molecule is CCNC(=NCC1(O)CCCC1)N(C)CCOc1ccc(OC)cc1. The van der Waals surface area contributed by atoms with Gasteiger partial charge in [-0.2, -0.15) is 0 Å². The van der Waals surface area contributed by atoms with Gasteiger partial charge < -0.3 is 24.8 Å². The van der Waals surface area contributed by atoms with Crippen molar-refractivity contribution in [2.24, 2.45) is 4.99 Å². The predicted molar refractivity (Wildman–Crippen MR) is 101 cm³/mol.